The number of carbonyl (C=O) groups excluding carboxylic acids is 1. The van der Waals surface area contributed by atoms with Gasteiger partial charge in [0, 0.05) is 18.4 Å². The Labute approximate surface area is 203 Å². The zero-order valence-corrected chi connectivity index (χ0v) is 21.4. The van der Waals surface area contributed by atoms with Crippen molar-refractivity contribution < 1.29 is 9.00 Å². The van der Waals surface area contributed by atoms with Gasteiger partial charge in [-0.15, -0.1) is 0 Å². The Kier molecular flexibility index (Phi) is 10.6. The fourth-order valence-electron chi connectivity index (χ4n) is 3.24. The second-order valence-corrected chi connectivity index (χ2v) is 8.94. The van der Waals surface area contributed by atoms with Crippen molar-refractivity contribution in [2.75, 3.05) is 11.8 Å². The van der Waals surface area contributed by atoms with Crippen LogP contribution in [0.5, 0.6) is 0 Å². The second-order valence-electron chi connectivity index (χ2n) is 7.28. The molecule has 0 radical (unpaired) electrons. The van der Waals surface area contributed by atoms with Gasteiger partial charge in [-0.2, -0.15) is 0 Å². The van der Waals surface area contributed by atoms with E-state index in [2.05, 4.69) is 9.12 Å². The highest BCUT2D eigenvalue weighted by atomic mass is 32.2. The quantitative estimate of drug-likeness (QED) is 0.491. The fraction of sp³-hybridized carbons (Fsp3) is 0.280. The first-order valence-electron chi connectivity index (χ1n) is 10.8. The molecule has 3 rings (SSSR count). The van der Waals surface area contributed by atoms with E-state index in [1.54, 1.807) is 30.2 Å². The zero-order valence-electron chi connectivity index (χ0n) is 19.7. The molecule has 8 heteroatoms. The van der Waals surface area contributed by atoms with Gasteiger partial charge >= 0.3 is 0 Å². The van der Waals surface area contributed by atoms with E-state index in [0.717, 1.165) is 29.0 Å². The lowest BCUT2D eigenvalue weighted by atomic mass is 10.0. The summed E-state index contributed by atoms with van der Waals surface area (Å²) in [5, 5.41) is 5.41. The highest BCUT2D eigenvalue weighted by Crippen LogP contribution is 2.26. The fourth-order valence-corrected chi connectivity index (χ4v) is 4.48. The van der Waals surface area contributed by atoms with Crippen molar-refractivity contribution in [3.8, 4) is 0 Å². The molecule has 0 saturated heterocycles. The largest absolute Gasteiger partial charge is 0.335 e. The summed E-state index contributed by atoms with van der Waals surface area (Å²) in [4.78, 5) is 15.7. The van der Waals surface area contributed by atoms with Gasteiger partial charge in [-0.05, 0) is 49.3 Å². The minimum absolute atomic E-state index is 0.105. The van der Waals surface area contributed by atoms with Gasteiger partial charge < -0.3 is 9.62 Å². The van der Waals surface area contributed by atoms with Crippen LogP contribution in [0.4, 0.5) is 5.69 Å². The summed E-state index contributed by atoms with van der Waals surface area (Å²) in [6.45, 7) is 7.92. The Hall–Kier alpha value is -2.68. The van der Waals surface area contributed by atoms with Crippen LogP contribution in [-0.4, -0.2) is 27.8 Å². The predicted octanol–water partition coefficient (Wildman–Crippen LogP) is 5.74. The maximum absolute atomic E-state index is 13.3. The molecule has 2 atom stereocenters. The molecule has 2 aromatic rings. The lowest BCUT2D eigenvalue weighted by Crippen LogP contribution is -2.30. The van der Waals surface area contributed by atoms with Gasteiger partial charge in [0.05, 0.1) is 35.1 Å². The minimum Gasteiger partial charge on any atom is -0.335 e. The van der Waals surface area contributed by atoms with E-state index in [0.29, 0.717) is 22.6 Å². The summed E-state index contributed by atoms with van der Waals surface area (Å²) in [5.74, 6) is -0.143. The monoisotopic (exact) mass is 484 g/mol. The molecule has 0 bridgehead atoms. The van der Waals surface area contributed by atoms with Gasteiger partial charge in [-0.25, -0.2) is 8.61 Å². The van der Waals surface area contributed by atoms with Gasteiger partial charge in [0.1, 0.15) is 11.0 Å². The summed E-state index contributed by atoms with van der Waals surface area (Å²) >= 11 is 0.878. The van der Waals surface area contributed by atoms with E-state index in [9.17, 15) is 9.00 Å². The maximum Gasteiger partial charge on any atom is 0.256 e. The molecule has 0 aromatic heterocycles. The number of benzene rings is 2. The molecule has 0 saturated carbocycles. The molecule has 1 aliphatic rings. The van der Waals surface area contributed by atoms with E-state index in [4.69, 9.17) is 5.14 Å². The first-order valence-corrected chi connectivity index (χ1v) is 12.8. The van der Waals surface area contributed by atoms with Crippen LogP contribution < -0.4 is 9.86 Å². The Bertz CT molecular complexity index is 1070. The Balaban J connectivity index is 0.00000187. The molecule has 0 heterocycles. The minimum atomic E-state index is -1.52. The van der Waals surface area contributed by atoms with Crippen LogP contribution in [0.3, 0.4) is 0 Å². The van der Waals surface area contributed by atoms with Gasteiger partial charge in [0.25, 0.3) is 5.91 Å². The van der Waals surface area contributed by atoms with Gasteiger partial charge in [0.2, 0.25) is 0 Å². The van der Waals surface area contributed by atoms with Crippen LogP contribution in [0.15, 0.2) is 76.1 Å². The van der Waals surface area contributed by atoms with Crippen LogP contribution in [0, 0.1) is 6.92 Å². The van der Waals surface area contributed by atoms with Crippen LogP contribution >= 0.6 is 12.1 Å². The Morgan fingerprint density at radius 3 is 2.58 bits per heavy atom. The predicted molar refractivity (Wildman–Crippen MR) is 142 cm³/mol. The number of nitrogens with two attached hydrogens (primary N) is 1. The van der Waals surface area contributed by atoms with Gasteiger partial charge in [-0.3, -0.25) is 9.93 Å². The lowest BCUT2D eigenvalue weighted by molar-refractivity contribution is 0.0743. The smallest absolute Gasteiger partial charge is 0.256 e. The van der Waals surface area contributed by atoms with Crippen LogP contribution in [0.25, 0.3) is 0 Å². The molecule has 0 fully saturated rings. The van der Waals surface area contributed by atoms with Crippen molar-refractivity contribution in [2.45, 2.75) is 40.2 Å². The summed E-state index contributed by atoms with van der Waals surface area (Å²) < 4.78 is 20.2. The average Bonchev–Trinajstić information content (AvgIpc) is 2.85. The molecule has 6 nitrogen and oxygen atoms in total. The second kappa shape index (κ2) is 13.1. The molecule has 1 amide bonds. The third-order valence-corrected chi connectivity index (χ3v) is 6.63. The van der Waals surface area contributed by atoms with Crippen molar-refractivity contribution in [1.29, 1.82) is 0 Å². The van der Waals surface area contributed by atoms with Crippen molar-refractivity contribution in [3.05, 3.63) is 88.4 Å². The number of aryl methyl sites for hydroxylation is 1. The molecular formula is C25H32N4O2S2. The molecule has 3 N–H and O–H groups in total. The summed E-state index contributed by atoms with van der Waals surface area (Å²) in [6, 6.07) is 15.3. The van der Waals surface area contributed by atoms with E-state index >= 15 is 0 Å². The molecule has 1 aliphatic carbocycles. The number of nitrogens with one attached hydrogen (secondary N) is 1. The maximum atomic E-state index is 13.3. The first-order chi connectivity index (χ1) is 15.9. The van der Waals surface area contributed by atoms with Crippen molar-refractivity contribution in [3.63, 3.8) is 0 Å². The molecular weight excluding hydrogens is 452 g/mol. The normalized spacial score (nSPS) is 15.7. The summed E-state index contributed by atoms with van der Waals surface area (Å²) in [6.07, 6.45) is 5.86. The van der Waals surface area contributed by atoms with Crippen LogP contribution in [0.2, 0.25) is 0 Å². The molecule has 0 spiro atoms. The summed E-state index contributed by atoms with van der Waals surface area (Å²) in [7, 11) is 0.262. The average molecular weight is 485 g/mol. The number of nitrogens with zero attached hydrogens (tertiary/aromatic N) is 2. The number of allylic oxidation sites excluding steroid dienone is 4. The zero-order chi connectivity index (χ0) is 24.4. The first kappa shape index (κ1) is 26.6. The summed E-state index contributed by atoms with van der Waals surface area (Å²) in [5.41, 5.74) is 3.78. The molecule has 0 aliphatic heterocycles. The van der Waals surface area contributed by atoms with E-state index in [-0.39, 0.29) is 11.9 Å². The lowest BCUT2D eigenvalue weighted by Gasteiger charge is -2.26. The standard InChI is InChI=1S/C23H26N4O2S2.C2H6/c1-16-12-13-21(23(28)27(3)17(2)18-8-5-4-6-9-18)22(14-16)26-31(29)20-11-7-10-19(15-20)25-30-24;1-2/h4-14,17,26H,15,24H2,1-3H3;1-2H3/b25-19-;. The Morgan fingerprint density at radius 2 is 1.91 bits per heavy atom. The van der Waals surface area contributed by atoms with E-state index in [1.165, 1.54) is 0 Å². The molecule has 176 valence electrons. The van der Waals surface area contributed by atoms with Gasteiger partial charge in [-0.1, -0.05) is 56.3 Å². The Morgan fingerprint density at radius 1 is 1.21 bits per heavy atom. The molecule has 2 aromatic carbocycles. The van der Waals surface area contributed by atoms with Crippen LogP contribution in [-0.2, 0) is 11.0 Å². The number of rotatable bonds is 7. The third-order valence-electron chi connectivity index (χ3n) is 5.13. The number of carbonyl (C=O) groups is 1. The number of anilines is 1. The third kappa shape index (κ3) is 7.15. The highest BCUT2D eigenvalue weighted by Gasteiger charge is 2.23. The van der Waals surface area contributed by atoms with Crippen molar-refractivity contribution in [2.24, 2.45) is 9.54 Å². The van der Waals surface area contributed by atoms with Crippen molar-refractivity contribution in [1.82, 2.24) is 4.90 Å². The number of hydrogen-bond acceptors (Lipinski definition) is 5. The molecule has 2 unspecified atom stereocenters. The van der Waals surface area contributed by atoms with Gasteiger partial charge in [0.15, 0.2) is 0 Å². The number of amides is 1. The van der Waals surface area contributed by atoms with Crippen LogP contribution in [0.1, 0.15) is 54.7 Å². The SMILES string of the molecule is CC.Cc1ccc(C(=O)N(C)C(C)c2ccccc2)c(NS(=O)C2=CC=C/C(=N/SN)C2)c1. The van der Waals surface area contributed by atoms with E-state index in [1.807, 2.05) is 76.2 Å². The topological polar surface area (TPSA) is 87.8 Å². The number of hydrogen-bond donors (Lipinski definition) is 2. The van der Waals surface area contributed by atoms with E-state index < -0.39 is 11.0 Å². The molecule has 33 heavy (non-hydrogen) atoms. The highest BCUT2D eigenvalue weighted by molar-refractivity contribution is 7.95. The van der Waals surface area contributed by atoms with Crippen molar-refractivity contribution >= 4 is 40.4 Å².